The number of ether oxygens (including phenoxy) is 3. The molecule has 0 bridgehead atoms. The number of aromatic amines is 1. The van der Waals surface area contributed by atoms with E-state index in [1.807, 2.05) is 73.9 Å². The van der Waals surface area contributed by atoms with Crippen molar-refractivity contribution >= 4 is 52.2 Å². The number of amides is 6. The maximum atomic E-state index is 13.2. The first kappa shape index (κ1) is 38.4. The highest BCUT2D eigenvalue weighted by Crippen LogP contribution is 2.30. The number of carbonyl (C=O) groups excluding carboxylic acids is 5. The molecule has 1 atom stereocenters. The molecule has 292 valence electrons. The van der Waals surface area contributed by atoms with Crippen LogP contribution in [0.2, 0.25) is 0 Å². The zero-order chi connectivity index (χ0) is 40.1. The number of benzene rings is 3. The molecule has 0 radical (unpaired) electrons. The molecule has 2 aliphatic heterocycles. The smallest absolute Gasteiger partial charge is 0.324 e. The van der Waals surface area contributed by atoms with Crippen molar-refractivity contribution in [3.05, 3.63) is 95.4 Å². The standard InChI is InChI=1S/C41H40N8O8/c1-41(2,3)33-23-34(47-46-33)44-40(54)43-26-9-11-27(12-10-26)48-24-42-30-22-28(13-14-31(30)48)57-21-20-56-19-18-55-17-5-7-25-6-4-8-29-36(25)39(53)49(38(29)52)32-15-16-35(50)45-37(32)51/h4,6,8-14,22-24,32H,15-21H2,1-3H3,(H,45,50,51)(H3,43,44,46,47,54). The van der Waals surface area contributed by atoms with E-state index < -0.39 is 29.7 Å². The number of rotatable bonds is 12. The van der Waals surface area contributed by atoms with Gasteiger partial charge in [0.05, 0.1) is 47.7 Å². The van der Waals surface area contributed by atoms with Crippen LogP contribution in [0.5, 0.6) is 5.75 Å². The number of aromatic nitrogens is 4. The molecule has 1 saturated heterocycles. The first-order chi connectivity index (χ1) is 27.5. The SMILES string of the molecule is CC(C)(C)c1cc(NC(=O)Nc2ccc(-n3cnc4cc(OCCOCCOCC#Cc5cccc6c5C(=O)N(C5CCC(=O)NC5=O)C6=O)ccc43)cc2)[nH]n1. The van der Waals surface area contributed by atoms with Crippen LogP contribution in [0.15, 0.2) is 73.1 Å². The minimum absolute atomic E-state index is 0.0455. The first-order valence-electron chi connectivity index (χ1n) is 18.3. The van der Waals surface area contributed by atoms with Crippen LogP contribution >= 0.6 is 0 Å². The zero-order valence-corrected chi connectivity index (χ0v) is 31.5. The molecular weight excluding hydrogens is 732 g/mol. The first-order valence-corrected chi connectivity index (χ1v) is 18.3. The van der Waals surface area contributed by atoms with Crippen molar-refractivity contribution in [2.24, 2.45) is 0 Å². The molecular formula is C41H40N8O8. The maximum Gasteiger partial charge on any atom is 0.324 e. The summed E-state index contributed by atoms with van der Waals surface area (Å²) in [5, 5.41) is 14.9. The average molecular weight is 773 g/mol. The third-order valence-electron chi connectivity index (χ3n) is 9.25. The van der Waals surface area contributed by atoms with Gasteiger partial charge in [0.2, 0.25) is 11.8 Å². The average Bonchev–Trinajstić information content (AvgIpc) is 3.89. The van der Waals surface area contributed by atoms with Crippen LogP contribution in [0, 0.1) is 11.8 Å². The molecule has 0 aliphatic carbocycles. The molecule has 0 saturated carbocycles. The second kappa shape index (κ2) is 16.5. The van der Waals surface area contributed by atoms with Crippen LogP contribution < -0.4 is 20.7 Å². The molecule has 0 spiro atoms. The number of hydrogen-bond acceptors (Lipinski definition) is 10. The van der Waals surface area contributed by atoms with E-state index >= 15 is 0 Å². The molecule has 2 aromatic heterocycles. The van der Waals surface area contributed by atoms with Gasteiger partial charge in [0.15, 0.2) is 0 Å². The van der Waals surface area contributed by atoms with Crippen LogP contribution in [-0.2, 0) is 24.5 Å². The van der Waals surface area contributed by atoms with E-state index in [9.17, 15) is 24.0 Å². The lowest BCUT2D eigenvalue weighted by molar-refractivity contribution is -0.136. The highest BCUT2D eigenvalue weighted by molar-refractivity contribution is 6.24. The Hall–Kier alpha value is -6.83. The summed E-state index contributed by atoms with van der Waals surface area (Å²) in [6, 6.07) is 18.2. The summed E-state index contributed by atoms with van der Waals surface area (Å²) in [5.74, 6) is 4.62. The maximum absolute atomic E-state index is 13.2. The van der Waals surface area contributed by atoms with Crippen molar-refractivity contribution in [1.82, 2.24) is 30.0 Å². The Morgan fingerprint density at radius 2 is 1.72 bits per heavy atom. The van der Waals surface area contributed by atoms with E-state index in [1.54, 1.807) is 18.5 Å². The van der Waals surface area contributed by atoms with Crippen LogP contribution in [0.1, 0.15) is 65.6 Å². The van der Waals surface area contributed by atoms with Gasteiger partial charge in [0, 0.05) is 40.9 Å². The lowest BCUT2D eigenvalue weighted by Crippen LogP contribution is -2.54. The molecule has 4 N–H and O–H groups in total. The normalized spacial score (nSPS) is 15.3. The van der Waals surface area contributed by atoms with E-state index in [0.29, 0.717) is 42.6 Å². The van der Waals surface area contributed by atoms with Crippen molar-refractivity contribution < 1.29 is 38.2 Å². The van der Waals surface area contributed by atoms with Gasteiger partial charge in [0.1, 0.15) is 37.2 Å². The second-order valence-corrected chi connectivity index (χ2v) is 14.3. The number of imide groups is 2. The van der Waals surface area contributed by atoms with Crippen LogP contribution in [0.4, 0.5) is 16.3 Å². The van der Waals surface area contributed by atoms with Crippen molar-refractivity contribution in [2.75, 3.05) is 43.7 Å². The summed E-state index contributed by atoms with van der Waals surface area (Å²) in [5.41, 5.74) is 4.51. The third kappa shape index (κ3) is 8.70. The zero-order valence-electron chi connectivity index (χ0n) is 31.5. The number of piperidine rings is 1. The van der Waals surface area contributed by atoms with E-state index in [4.69, 9.17) is 14.2 Å². The lowest BCUT2D eigenvalue weighted by atomic mass is 9.92. The van der Waals surface area contributed by atoms with E-state index in [1.165, 1.54) is 6.07 Å². The van der Waals surface area contributed by atoms with Gasteiger partial charge in [-0.15, -0.1) is 0 Å². The fraction of sp³-hybridized carbons (Fsp3) is 0.293. The molecule has 16 nitrogen and oxygen atoms in total. The monoisotopic (exact) mass is 772 g/mol. The number of imidazole rings is 1. The Morgan fingerprint density at radius 1 is 0.930 bits per heavy atom. The van der Waals surface area contributed by atoms with Gasteiger partial charge in [-0.25, -0.2) is 9.78 Å². The number of nitrogens with one attached hydrogen (secondary N) is 4. The summed E-state index contributed by atoms with van der Waals surface area (Å²) in [6.07, 6.45) is 1.85. The van der Waals surface area contributed by atoms with Crippen LogP contribution in [-0.4, -0.2) is 93.4 Å². The Balaban J connectivity index is 0.819. The van der Waals surface area contributed by atoms with Crippen LogP contribution in [0.3, 0.4) is 0 Å². The number of nitrogens with zero attached hydrogens (tertiary/aromatic N) is 4. The largest absolute Gasteiger partial charge is 0.491 e. The molecule has 16 heteroatoms. The predicted molar refractivity (Wildman–Crippen MR) is 208 cm³/mol. The summed E-state index contributed by atoms with van der Waals surface area (Å²) in [4.78, 5) is 68.1. The van der Waals surface area contributed by atoms with Gasteiger partial charge >= 0.3 is 6.03 Å². The topological polar surface area (TPSA) is 199 Å². The summed E-state index contributed by atoms with van der Waals surface area (Å²) in [6.45, 7) is 7.44. The van der Waals surface area contributed by atoms with Crippen LogP contribution in [0.25, 0.3) is 16.7 Å². The van der Waals surface area contributed by atoms with E-state index in [0.717, 1.165) is 27.3 Å². The molecule has 57 heavy (non-hydrogen) atoms. The Kier molecular flexibility index (Phi) is 11.1. The Bertz CT molecular complexity index is 2420. The van der Waals surface area contributed by atoms with Gasteiger partial charge in [-0.05, 0) is 55.0 Å². The number of H-pyrrole nitrogens is 1. The number of carbonyl (C=O) groups is 5. The molecule has 4 heterocycles. The summed E-state index contributed by atoms with van der Waals surface area (Å²) < 4.78 is 19.0. The van der Waals surface area contributed by atoms with Gasteiger partial charge in [-0.2, -0.15) is 5.10 Å². The fourth-order valence-corrected chi connectivity index (χ4v) is 6.36. The number of anilines is 2. The minimum atomic E-state index is -1.04. The van der Waals surface area contributed by atoms with Gasteiger partial charge in [-0.3, -0.25) is 44.4 Å². The number of urea groups is 1. The molecule has 3 aromatic carbocycles. The molecule has 7 rings (SSSR count). The molecule has 1 fully saturated rings. The van der Waals surface area contributed by atoms with Crippen molar-refractivity contribution in [1.29, 1.82) is 0 Å². The number of fused-ring (bicyclic) bond motifs is 2. The summed E-state index contributed by atoms with van der Waals surface area (Å²) >= 11 is 0. The Labute approximate surface area is 327 Å². The second-order valence-electron chi connectivity index (χ2n) is 14.3. The van der Waals surface area contributed by atoms with E-state index in [2.05, 4.69) is 43.0 Å². The molecule has 6 amide bonds. The van der Waals surface area contributed by atoms with E-state index in [-0.39, 0.29) is 48.6 Å². The van der Waals surface area contributed by atoms with Gasteiger partial charge in [-0.1, -0.05) is 38.7 Å². The third-order valence-corrected chi connectivity index (χ3v) is 9.25. The quantitative estimate of drug-likeness (QED) is 0.0793. The molecule has 5 aromatic rings. The lowest BCUT2D eigenvalue weighted by Gasteiger charge is -2.27. The predicted octanol–water partition coefficient (Wildman–Crippen LogP) is 4.56. The highest BCUT2D eigenvalue weighted by Gasteiger charge is 2.45. The van der Waals surface area contributed by atoms with Gasteiger partial charge < -0.3 is 19.5 Å². The number of hydrogen-bond donors (Lipinski definition) is 4. The van der Waals surface area contributed by atoms with Crippen molar-refractivity contribution in [2.45, 2.75) is 45.1 Å². The highest BCUT2D eigenvalue weighted by atomic mass is 16.5. The van der Waals surface area contributed by atoms with Crippen molar-refractivity contribution in [3.63, 3.8) is 0 Å². The minimum Gasteiger partial charge on any atom is -0.491 e. The van der Waals surface area contributed by atoms with Gasteiger partial charge in [0.25, 0.3) is 11.8 Å². The molecule has 1 unspecified atom stereocenters. The fourth-order valence-electron chi connectivity index (χ4n) is 6.36. The summed E-state index contributed by atoms with van der Waals surface area (Å²) in [7, 11) is 0. The van der Waals surface area contributed by atoms with Crippen molar-refractivity contribution in [3.8, 4) is 23.3 Å². The Morgan fingerprint density at radius 3 is 2.49 bits per heavy atom. The molecule has 2 aliphatic rings.